The molecule has 2 atom stereocenters. The predicted octanol–water partition coefficient (Wildman–Crippen LogP) is 2.78. The third kappa shape index (κ3) is 4.36. The molecule has 2 aromatic heterocycles. The summed E-state index contributed by atoms with van der Waals surface area (Å²) in [6, 6.07) is 2.36. The Morgan fingerprint density at radius 3 is 2.71 bits per heavy atom. The van der Waals surface area contributed by atoms with Crippen molar-refractivity contribution in [2.24, 2.45) is 0 Å². The average molecular weight is 386 g/mol. The summed E-state index contributed by atoms with van der Waals surface area (Å²) in [5.41, 5.74) is 1.49. The molecule has 1 amide bonds. The zero-order chi connectivity index (χ0) is 19.5. The lowest BCUT2D eigenvalue weighted by Crippen LogP contribution is -2.46. The van der Waals surface area contributed by atoms with Gasteiger partial charge in [-0.1, -0.05) is 12.8 Å². The molecule has 3 heterocycles. The Morgan fingerprint density at radius 1 is 1.21 bits per heavy atom. The maximum absolute atomic E-state index is 12.5. The van der Waals surface area contributed by atoms with Gasteiger partial charge in [0.2, 0.25) is 0 Å². The number of nitrogens with one attached hydrogen (secondary N) is 1. The van der Waals surface area contributed by atoms with Crippen molar-refractivity contribution in [3.8, 4) is 0 Å². The number of nitrogens with zero attached hydrogens (tertiary/aromatic N) is 4. The third-order valence-electron chi connectivity index (χ3n) is 5.80. The zero-order valence-corrected chi connectivity index (χ0v) is 16.9. The van der Waals surface area contributed by atoms with Crippen LogP contribution in [0.1, 0.15) is 62.4 Å². The van der Waals surface area contributed by atoms with Gasteiger partial charge in [0.1, 0.15) is 0 Å². The minimum absolute atomic E-state index is 0.0632. The molecule has 0 radical (unpaired) electrons. The van der Waals surface area contributed by atoms with Crippen LogP contribution in [-0.2, 0) is 4.74 Å². The lowest BCUT2D eigenvalue weighted by Gasteiger charge is -2.35. The molecular formula is C21H31N5O2. The molecule has 2 unspecified atom stereocenters. The van der Waals surface area contributed by atoms with E-state index < -0.39 is 0 Å². The van der Waals surface area contributed by atoms with Crippen molar-refractivity contribution < 1.29 is 9.53 Å². The second-order valence-corrected chi connectivity index (χ2v) is 8.29. The van der Waals surface area contributed by atoms with Gasteiger partial charge in [-0.15, -0.1) is 0 Å². The molecule has 1 saturated carbocycles. The van der Waals surface area contributed by atoms with E-state index in [2.05, 4.69) is 34.1 Å². The van der Waals surface area contributed by atoms with Crippen LogP contribution in [-0.4, -0.2) is 64.0 Å². The Hall–Kier alpha value is -1.99. The quantitative estimate of drug-likeness (QED) is 0.774. The molecule has 2 aliphatic rings. The zero-order valence-electron chi connectivity index (χ0n) is 16.9. The summed E-state index contributed by atoms with van der Waals surface area (Å²) < 4.78 is 7.80. The largest absolute Gasteiger partial charge is 0.373 e. The predicted molar refractivity (Wildman–Crippen MR) is 108 cm³/mol. The summed E-state index contributed by atoms with van der Waals surface area (Å²) in [7, 11) is 0. The van der Waals surface area contributed by atoms with Crippen molar-refractivity contribution in [1.29, 1.82) is 0 Å². The highest BCUT2D eigenvalue weighted by Gasteiger charge is 2.22. The number of aromatic nitrogens is 3. The van der Waals surface area contributed by atoms with Gasteiger partial charge in [-0.05, 0) is 39.2 Å². The summed E-state index contributed by atoms with van der Waals surface area (Å²) in [6.45, 7) is 7.79. The fourth-order valence-corrected chi connectivity index (χ4v) is 4.55. The summed E-state index contributed by atoms with van der Waals surface area (Å²) in [5.74, 6) is -0.0632. The molecule has 7 nitrogen and oxygen atoms in total. The molecule has 0 bridgehead atoms. The van der Waals surface area contributed by atoms with Gasteiger partial charge in [0.25, 0.3) is 5.91 Å². The van der Waals surface area contributed by atoms with Crippen LogP contribution in [0.2, 0.25) is 0 Å². The van der Waals surface area contributed by atoms with Gasteiger partial charge in [0.15, 0.2) is 5.65 Å². The fourth-order valence-electron chi connectivity index (χ4n) is 4.55. The molecule has 0 aromatic carbocycles. The van der Waals surface area contributed by atoms with Gasteiger partial charge < -0.3 is 10.1 Å². The SMILES string of the molecule is CC1CN(CCCNC(=O)c2cnc3c(cnn3C3CCCC3)c2)CC(C)O1. The van der Waals surface area contributed by atoms with E-state index in [1.54, 1.807) is 6.20 Å². The molecule has 28 heavy (non-hydrogen) atoms. The van der Waals surface area contributed by atoms with Gasteiger partial charge in [-0.3, -0.25) is 9.69 Å². The van der Waals surface area contributed by atoms with Crippen LogP contribution in [0.4, 0.5) is 0 Å². The van der Waals surface area contributed by atoms with E-state index in [1.807, 2.05) is 16.9 Å². The Kier molecular flexibility index (Phi) is 5.92. The number of morpholine rings is 1. The first-order valence-corrected chi connectivity index (χ1v) is 10.6. The molecule has 1 aliphatic carbocycles. The Morgan fingerprint density at radius 2 is 1.96 bits per heavy atom. The number of rotatable bonds is 6. The van der Waals surface area contributed by atoms with Gasteiger partial charge in [0.05, 0.1) is 30.0 Å². The number of amides is 1. The van der Waals surface area contributed by atoms with Crippen LogP contribution in [0, 0.1) is 0 Å². The monoisotopic (exact) mass is 385 g/mol. The van der Waals surface area contributed by atoms with Crippen LogP contribution in [0.3, 0.4) is 0 Å². The molecule has 152 valence electrons. The van der Waals surface area contributed by atoms with Gasteiger partial charge >= 0.3 is 0 Å². The molecule has 2 fully saturated rings. The number of fused-ring (bicyclic) bond motifs is 1. The van der Waals surface area contributed by atoms with Crippen molar-refractivity contribution in [2.45, 2.75) is 64.2 Å². The maximum atomic E-state index is 12.5. The van der Waals surface area contributed by atoms with Crippen molar-refractivity contribution >= 4 is 16.9 Å². The standard InChI is InChI=1S/C21H31N5O2/c1-15-13-25(14-16(2)28-15)9-5-8-22-21(27)18-10-17-12-24-26(20(17)23-11-18)19-6-3-4-7-19/h10-12,15-16,19H,3-9,13-14H2,1-2H3,(H,22,27). The summed E-state index contributed by atoms with van der Waals surface area (Å²) in [5, 5.41) is 8.49. The van der Waals surface area contributed by atoms with Gasteiger partial charge in [-0.2, -0.15) is 5.10 Å². The first kappa shape index (κ1) is 19.3. The minimum atomic E-state index is -0.0632. The number of carbonyl (C=O) groups is 1. The van der Waals surface area contributed by atoms with Gasteiger partial charge in [0, 0.05) is 37.8 Å². The van der Waals surface area contributed by atoms with Crippen LogP contribution in [0.5, 0.6) is 0 Å². The van der Waals surface area contributed by atoms with E-state index in [1.165, 1.54) is 25.7 Å². The summed E-state index contributed by atoms with van der Waals surface area (Å²) >= 11 is 0. The Labute approximate surface area is 166 Å². The lowest BCUT2D eigenvalue weighted by atomic mass is 10.2. The van der Waals surface area contributed by atoms with E-state index in [4.69, 9.17) is 4.74 Å². The van der Waals surface area contributed by atoms with Crippen LogP contribution in [0.15, 0.2) is 18.5 Å². The molecule has 2 aromatic rings. The first-order valence-electron chi connectivity index (χ1n) is 10.6. The minimum Gasteiger partial charge on any atom is -0.373 e. The maximum Gasteiger partial charge on any atom is 0.252 e. The Balaban J connectivity index is 1.29. The highest BCUT2D eigenvalue weighted by molar-refractivity contribution is 5.96. The Bertz CT molecular complexity index is 804. The van der Waals surface area contributed by atoms with Crippen LogP contribution < -0.4 is 5.32 Å². The summed E-state index contributed by atoms with van der Waals surface area (Å²) in [6.07, 6.45) is 9.85. The number of hydrogen-bond donors (Lipinski definition) is 1. The number of ether oxygens (including phenoxy) is 1. The van der Waals surface area contributed by atoms with E-state index in [9.17, 15) is 4.79 Å². The fraction of sp³-hybridized carbons (Fsp3) is 0.667. The molecule has 1 saturated heterocycles. The van der Waals surface area contributed by atoms with Crippen LogP contribution in [0.25, 0.3) is 11.0 Å². The van der Waals surface area contributed by atoms with E-state index in [0.29, 0.717) is 18.2 Å². The molecular weight excluding hydrogens is 354 g/mol. The van der Waals surface area contributed by atoms with Gasteiger partial charge in [-0.25, -0.2) is 9.67 Å². The topological polar surface area (TPSA) is 72.3 Å². The second kappa shape index (κ2) is 8.57. The highest BCUT2D eigenvalue weighted by Crippen LogP contribution is 2.31. The van der Waals surface area contributed by atoms with E-state index in [-0.39, 0.29) is 18.1 Å². The normalized spacial score (nSPS) is 24.1. The number of carbonyl (C=O) groups excluding carboxylic acids is 1. The van der Waals surface area contributed by atoms with Crippen molar-refractivity contribution in [2.75, 3.05) is 26.2 Å². The number of hydrogen-bond acceptors (Lipinski definition) is 5. The van der Waals surface area contributed by atoms with E-state index >= 15 is 0 Å². The van der Waals surface area contributed by atoms with Crippen LogP contribution >= 0.6 is 0 Å². The first-order chi connectivity index (χ1) is 13.6. The molecule has 1 aliphatic heterocycles. The van der Waals surface area contributed by atoms with E-state index in [0.717, 1.165) is 37.1 Å². The van der Waals surface area contributed by atoms with Crippen molar-refractivity contribution in [1.82, 2.24) is 25.0 Å². The smallest absolute Gasteiger partial charge is 0.252 e. The molecule has 4 rings (SSSR count). The third-order valence-corrected chi connectivity index (χ3v) is 5.80. The van der Waals surface area contributed by atoms with Crippen molar-refractivity contribution in [3.63, 3.8) is 0 Å². The second-order valence-electron chi connectivity index (χ2n) is 8.29. The number of pyridine rings is 1. The molecule has 1 N–H and O–H groups in total. The molecule has 7 heteroatoms. The van der Waals surface area contributed by atoms with Crippen molar-refractivity contribution in [3.05, 3.63) is 24.0 Å². The lowest BCUT2D eigenvalue weighted by molar-refractivity contribution is -0.0679. The molecule has 0 spiro atoms. The summed E-state index contributed by atoms with van der Waals surface area (Å²) in [4.78, 5) is 19.4. The average Bonchev–Trinajstić information content (AvgIpc) is 3.33. The highest BCUT2D eigenvalue weighted by atomic mass is 16.5.